The van der Waals surface area contributed by atoms with E-state index in [0.29, 0.717) is 10.6 Å². The number of ether oxygens (including phenoxy) is 1. The van der Waals surface area contributed by atoms with Crippen LogP contribution in [0.2, 0.25) is 5.02 Å². The summed E-state index contributed by atoms with van der Waals surface area (Å²) in [7, 11) is 1.59. The molecule has 2 aromatic carbocycles. The van der Waals surface area contributed by atoms with Crippen LogP contribution in [0.4, 0.5) is 5.69 Å². The van der Waals surface area contributed by atoms with Crippen LogP contribution in [-0.2, 0) is 0 Å². The van der Waals surface area contributed by atoms with Crippen molar-refractivity contribution in [2.24, 2.45) is 0 Å². The molecule has 0 aliphatic rings. The predicted octanol–water partition coefficient (Wildman–Crippen LogP) is 4.86. The van der Waals surface area contributed by atoms with Gasteiger partial charge in [-0.1, -0.05) is 17.7 Å². The molecule has 0 amide bonds. The molecule has 2 rings (SSSR count). The van der Waals surface area contributed by atoms with E-state index in [0.717, 1.165) is 22.7 Å². The maximum absolute atomic E-state index is 12.2. The zero-order chi connectivity index (χ0) is 16.1. The number of benzene rings is 2. The zero-order valence-electron chi connectivity index (χ0n) is 12.8. The first kappa shape index (κ1) is 16.1. The Kier molecular flexibility index (Phi) is 5.23. The third kappa shape index (κ3) is 4.12. The van der Waals surface area contributed by atoms with Crippen molar-refractivity contribution in [1.82, 2.24) is 0 Å². The van der Waals surface area contributed by atoms with Gasteiger partial charge in [0, 0.05) is 17.3 Å². The second-order valence-corrected chi connectivity index (χ2v) is 5.44. The number of nitrogens with one attached hydrogen (secondary N) is 1. The highest BCUT2D eigenvalue weighted by molar-refractivity contribution is 6.33. The van der Waals surface area contributed by atoms with Crippen molar-refractivity contribution in [1.29, 1.82) is 0 Å². The summed E-state index contributed by atoms with van der Waals surface area (Å²) in [5.41, 5.74) is 3.23. The Morgan fingerprint density at radius 2 is 1.86 bits per heavy atom. The van der Waals surface area contributed by atoms with Crippen LogP contribution in [0.25, 0.3) is 0 Å². The minimum absolute atomic E-state index is 0.0728. The zero-order valence-corrected chi connectivity index (χ0v) is 13.6. The third-order valence-corrected chi connectivity index (χ3v) is 3.51. The fraction of sp³-hybridized carbons (Fsp3) is 0.167. The van der Waals surface area contributed by atoms with E-state index in [1.165, 1.54) is 0 Å². The molecule has 0 heterocycles. The molecule has 1 N–H and O–H groups in total. The van der Waals surface area contributed by atoms with Crippen molar-refractivity contribution in [3.05, 3.63) is 70.4 Å². The van der Waals surface area contributed by atoms with Gasteiger partial charge >= 0.3 is 0 Å². The SMILES string of the molecule is COc1ccc(C(=O)/C=C(\C)Nc2cc(C)ccc2Cl)cc1. The highest BCUT2D eigenvalue weighted by atomic mass is 35.5. The van der Waals surface area contributed by atoms with Crippen molar-refractivity contribution < 1.29 is 9.53 Å². The summed E-state index contributed by atoms with van der Waals surface area (Å²) in [5.74, 6) is 0.651. The Balaban J connectivity index is 2.13. The Morgan fingerprint density at radius 1 is 1.18 bits per heavy atom. The standard InChI is InChI=1S/C18H18ClNO2/c1-12-4-9-16(19)17(10-12)20-13(2)11-18(21)14-5-7-15(22-3)8-6-14/h4-11,20H,1-3H3/b13-11+. The Labute approximate surface area is 135 Å². The molecule has 0 unspecified atom stereocenters. The van der Waals surface area contributed by atoms with Gasteiger partial charge in [0.2, 0.25) is 0 Å². The molecular formula is C18H18ClNO2. The quantitative estimate of drug-likeness (QED) is 0.633. The normalized spacial score (nSPS) is 11.2. The minimum atomic E-state index is -0.0728. The van der Waals surface area contributed by atoms with Crippen LogP contribution in [0.1, 0.15) is 22.8 Å². The molecule has 3 nitrogen and oxygen atoms in total. The van der Waals surface area contributed by atoms with Crippen LogP contribution in [0.3, 0.4) is 0 Å². The lowest BCUT2D eigenvalue weighted by molar-refractivity contribution is 0.104. The Morgan fingerprint density at radius 3 is 2.50 bits per heavy atom. The average molecular weight is 316 g/mol. The van der Waals surface area contributed by atoms with Gasteiger partial charge in [-0.2, -0.15) is 0 Å². The number of hydrogen-bond donors (Lipinski definition) is 1. The second kappa shape index (κ2) is 7.14. The first-order chi connectivity index (χ1) is 10.5. The summed E-state index contributed by atoms with van der Waals surface area (Å²) in [6.07, 6.45) is 1.56. The topological polar surface area (TPSA) is 38.3 Å². The van der Waals surface area contributed by atoms with E-state index in [9.17, 15) is 4.79 Å². The van der Waals surface area contributed by atoms with E-state index < -0.39 is 0 Å². The van der Waals surface area contributed by atoms with Crippen LogP contribution >= 0.6 is 11.6 Å². The number of anilines is 1. The number of hydrogen-bond acceptors (Lipinski definition) is 3. The van der Waals surface area contributed by atoms with E-state index in [-0.39, 0.29) is 5.78 Å². The number of methoxy groups -OCH3 is 1. The smallest absolute Gasteiger partial charge is 0.187 e. The van der Waals surface area contributed by atoms with E-state index in [1.807, 2.05) is 32.0 Å². The maximum atomic E-state index is 12.2. The molecule has 0 radical (unpaired) electrons. The Bertz CT molecular complexity index is 706. The van der Waals surface area contributed by atoms with Gasteiger partial charge in [0.05, 0.1) is 17.8 Å². The number of carbonyl (C=O) groups is 1. The van der Waals surface area contributed by atoms with E-state index >= 15 is 0 Å². The highest BCUT2D eigenvalue weighted by Gasteiger charge is 2.05. The molecule has 2 aromatic rings. The van der Waals surface area contributed by atoms with Gasteiger partial charge in [-0.15, -0.1) is 0 Å². The molecule has 0 aromatic heterocycles. The number of ketones is 1. The first-order valence-corrected chi connectivity index (χ1v) is 7.27. The molecule has 114 valence electrons. The summed E-state index contributed by atoms with van der Waals surface area (Å²) < 4.78 is 5.08. The van der Waals surface area contributed by atoms with Crippen molar-refractivity contribution in [3.63, 3.8) is 0 Å². The van der Waals surface area contributed by atoms with E-state index in [1.54, 1.807) is 37.5 Å². The van der Waals surface area contributed by atoms with Crippen molar-refractivity contribution in [2.75, 3.05) is 12.4 Å². The second-order valence-electron chi connectivity index (χ2n) is 5.03. The van der Waals surface area contributed by atoms with Crippen molar-refractivity contribution >= 4 is 23.1 Å². The molecule has 0 saturated heterocycles. The van der Waals surface area contributed by atoms with Gasteiger partial charge in [-0.3, -0.25) is 4.79 Å². The molecule has 0 aliphatic carbocycles. The van der Waals surface area contributed by atoms with Gasteiger partial charge in [-0.25, -0.2) is 0 Å². The number of halogens is 1. The molecule has 0 atom stereocenters. The molecule has 0 fully saturated rings. The van der Waals surface area contributed by atoms with Crippen LogP contribution in [0, 0.1) is 6.92 Å². The fourth-order valence-electron chi connectivity index (χ4n) is 2.02. The van der Waals surface area contributed by atoms with Crippen LogP contribution in [0.5, 0.6) is 5.75 Å². The average Bonchev–Trinajstić information content (AvgIpc) is 2.51. The predicted molar refractivity (Wildman–Crippen MR) is 90.9 cm³/mol. The highest BCUT2D eigenvalue weighted by Crippen LogP contribution is 2.24. The molecular weight excluding hydrogens is 298 g/mol. The lowest BCUT2D eigenvalue weighted by Gasteiger charge is -2.09. The molecule has 0 bridgehead atoms. The minimum Gasteiger partial charge on any atom is -0.497 e. The van der Waals surface area contributed by atoms with Gasteiger partial charge in [-0.05, 0) is 55.8 Å². The molecule has 0 aliphatic heterocycles. The number of rotatable bonds is 5. The lowest BCUT2D eigenvalue weighted by Crippen LogP contribution is -2.02. The summed E-state index contributed by atoms with van der Waals surface area (Å²) >= 11 is 6.14. The number of allylic oxidation sites excluding steroid dienone is 2. The lowest BCUT2D eigenvalue weighted by atomic mass is 10.1. The monoisotopic (exact) mass is 315 g/mol. The van der Waals surface area contributed by atoms with Gasteiger partial charge in [0.25, 0.3) is 0 Å². The molecule has 0 saturated carbocycles. The summed E-state index contributed by atoms with van der Waals surface area (Å²) in [6, 6.07) is 12.7. The Hall–Kier alpha value is -2.26. The van der Waals surface area contributed by atoms with E-state index in [4.69, 9.17) is 16.3 Å². The third-order valence-electron chi connectivity index (χ3n) is 3.18. The first-order valence-electron chi connectivity index (χ1n) is 6.89. The molecule has 4 heteroatoms. The summed E-state index contributed by atoms with van der Waals surface area (Å²) in [6.45, 7) is 3.82. The van der Waals surface area contributed by atoms with Crippen LogP contribution < -0.4 is 10.1 Å². The summed E-state index contributed by atoms with van der Waals surface area (Å²) in [5, 5.41) is 3.78. The maximum Gasteiger partial charge on any atom is 0.187 e. The van der Waals surface area contributed by atoms with Gasteiger partial charge in [0.1, 0.15) is 5.75 Å². The number of carbonyl (C=O) groups excluding carboxylic acids is 1. The van der Waals surface area contributed by atoms with Gasteiger partial charge in [0.15, 0.2) is 5.78 Å². The number of aryl methyl sites for hydroxylation is 1. The summed E-state index contributed by atoms with van der Waals surface area (Å²) in [4.78, 5) is 12.2. The largest absolute Gasteiger partial charge is 0.497 e. The molecule has 0 spiro atoms. The fourth-order valence-corrected chi connectivity index (χ4v) is 2.18. The van der Waals surface area contributed by atoms with Crippen molar-refractivity contribution in [3.8, 4) is 5.75 Å². The van der Waals surface area contributed by atoms with Crippen LogP contribution in [0.15, 0.2) is 54.2 Å². The molecule has 22 heavy (non-hydrogen) atoms. The van der Waals surface area contributed by atoms with Crippen LogP contribution in [-0.4, -0.2) is 12.9 Å². The van der Waals surface area contributed by atoms with E-state index in [2.05, 4.69) is 5.32 Å². The van der Waals surface area contributed by atoms with Crippen molar-refractivity contribution in [2.45, 2.75) is 13.8 Å². The van der Waals surface area contributed by atoms with Gasteiger partial charge < -0.3 is 10.1 Å².